The van der Waals surface area contributed by atoms with Crippen LogP contribution in [0.5, 0.6) is 0 Å². The van der Waals surface area contributed by atoms with Crippen molar-refractivity contribution in [3.63, 3.8) is 0 Å². The summed E-state index contributed by atoms with van der Waals surface area (Å²) >= 11 is 6.18. The number of aromatic nitrogens is 4. The standard InChI is InChI=1S/C12H19ClN4/c1-5-7-9-10-12(16(4)15-9)17(6-2)11(14-10)8(3)13/h8H,5-7H2,1-4H3. The van der Waals surface area contributed by atoms with Crippen molar-refractivity contribution < 1.29 is 0 Å². The van der Waals surface area contributed by atoms with Gasteiger partial charge in [0.1, 0.15) is 11.3 Å². The van der Waals surface area contributed by atoms with Crippen LogP contribution in [0, 0.1) is 0 Å². The van der Waals surface area contributed by atoms with Crippen LogP contribution in [0.2, 0.25) is 0 Å². The third kappa shape index (κ3) is 1.95. The van der Waals surface area contributed by atoms with Crippen LogP contribution >= 0.6 is 11.6 Å². The number of alkyl halides is 1. The minimum Gasteiger partial charge on any atom is -0.312 e. The molecule has 94 valence electrons. The molecular weight excluding hydrogens is 236 g/mol. The van der Waals surface area contributed by atoms with Gasteiger partial charge in [-0.3, -0.25) is 4.68 Å². The van der Waals surface area contributed by atoms with Crippen LogP contribution in [0.4, 0.5) is 0 Å². The number of imidazole rings is 1. The molecule has 17 heavy (non-hydrogen) atoms. The molecule has 0 fully saturated rings. The molecule has 0 saturated carbocycles. The average Bonchev–Trinajstić information content (AvgIpc) is 2.78. The maximum Gasteiger partial charge on any atom is 0.158 e. The van der Waals surface area contributed by atoms with Crippen molar-refractivity contribution in [3.05, 3.63) is 11.5 Å². The summed E-state index contributed by atoms with van der Waals surface area (Å²) in [5.74, 6) is 0.939. The topological polar surface area (TPSA) is 35.6 Å². The number of fused-ring (bicyclic) bond motifs is 1. The van der Waals surface area contributed by atoms with Crippen molar-refractivity contribution in [2.45, 2.75) is 45.5 Å². The summed E-state index contributed by atoms with van der Waals surface area (Å²) in [5, 5.41) is 4.47. The highest BCUT2D eigenvalue weighted by atomic mass is 35.5. The van der Waals surface area contributed by atoms with E-state index in [9.17, 15) is 0 Å². The number of rotatable bonds is 4. The van der Waals surface area contributed by atoms with Crippen LogP contribution in [0.3, 0.4) is 0 Å². The molecule has 2 aromatic heterocycles. The van der Waals surface area contributed by atoms with Crippen LogP contribution in [-0.2, 0) is 20.0 Å². The molecule has 0 amide bonds. The molecule has 0 spiro atoms. The second kappa shape index (κ2) is 4.69. The fourth-order valence-corrected chi connectivity index (χ4v) is 2.45. The summed E-state index contributed by atoms with van der Waals surface area (Å²) in [5.41, 5.74) is 3.17. The number of hydrogen-bond acceptors (Lipinski definition) is 2. The first kappa shape index (κ1) is 12.4. The highest BCUT2D eigenvalue weighted by Gasteiger charge is 2.20. The first-order valence-corrected chi connectivity index (χ1v) is 6.59. The van der Waals surface area contributed by atoms with E-state index in [-0.39, 0.29) is 5.38 Å². The Morgan fingerprint density at radius 3 is 2.59 bits per heavy atom. The van der Waals surface area contributed by atoms with E-state index < -0.39 is 0 Å². The average molecular weight is 255 g/mol. The zero-order chi connectivity index (χ0) is 12.6. The number of aryl methyl sites for hydroxylation is 3. The molecule has 2 aromatic rings. The van der Waals surface area contributed by atoms with Crippen molar-refractivity contribution in [1.29, 1.82) is 0 Å². The zero-order valence-electron chi connectivity index (χ0n) is 10.9. The Bertz CT molecular complexity index is 524. The molecule has 4 nitrogen and oxygen atoms in total. The predicted octanol–water partition coefficient (Wildman–Crippen LogP) is 3.04. The van der Waals surface area contributed by atoms with E-state index in [1.54, 1.807) is 0 Å². The lowest BCUT2D eigenvalue weighted by atomic mass is 10.2. The second-order valence-corrected chi connectivity index (χ2v) is 4.98. The van der Waals surface area contributed by atoms with Gasteiger partial charge in [0.2, 0.25) is 0 Å². The lowest BCUT2D eigenvalue weighted by Gasteiger charge is -2.07. The van der Waals surface area contributed by atoms with Crippen LogP contribution < -0.4 is 0 Å². The van der Waals surface area contributed by atoms with E-state index in [2.05, 4.69) is 28.5 Å². The summed E-state index contributed by atoms with van der Waals surface area (Å²) < 4.78 is 4.07. The van der Waals surface area contributed by atoms with Crippen molar-refractivity contribution in [3.8, 4) is 0 Å². The van der Waals surface area contributed by atoms with Gasteiger partial charge in [-0.05, 0) is 20.3 Å². The molecule has 1 atom stereocenters. The number of halogens is 1. The van der Waals surface area contributed by atoms with Crippen LogP contribution in [0.1, 0.15) is 44.1 Å². The van der Waals surface area contributed by atoms with Gasteiger partial charge in [-0.15, -0.1) is 11.6 Å². The molecule has 0 saturated heterocycles. The quantitative estimate of drug-likeness (QED) is 0.787. The minimum atomic E-state index is -0.0724. The minimum absolute atomic E-state index is 0.0724. The Morgan fingerprint density at radius 1 is 1.35 bits per heavy atom. The third-order valence-corrected chi connectivity index (χ3v) is 3.17. The molecule has 0 bridgehead atoms. The molecule has 0 radical (unpaired) electrons. The van der Waals surface area contributed by atoms with Crippen molar-refractivity contribution in [2.24, 2.45) is 7.05 Å². The first-order valence-electron chi connectivity index (χ1n) is 6.16. The summed E-state index contributed by atoms with van der Waals surface area (Å²) in [6.07, 6.45) is 2.05. The van der Waals surface area contributed by atoms with E-state index in [4.69, 9.17) is 11.6 Å². The Kier molecular flexibility index (Phi) is 3.43. The molecule has 0 aliphatic carbocycles. The lowest BCUT2D eigenvalue weighted by molar-refractivity contribution is 0.665. The normalized spacial score (nSPS) is 13.5. The Hall–Kier alpha value is -1.03. The largest absolute Gasteiger partial charge is 0.312 e. The maximum absolute atomic E-state index is 6.18. The van der Waals surface area contributed by atoms with Crippen LogP contribution in [0.25, 0.3) is 11.2 Å². The maximum atomic E-state index is 6.18. The van der Waals surface area contributed by atoms with Gasteiger partial charge in [0.15, 0.2) is 5.65 Å². The highest BCUT2D eigenvalue weighted by molar-refractivity contribution is 6.20. The Balaban J connectivity index is 2.68. The van der Waals surface area contributed by atoms with E-state index >= 15 is 0 Å². The molecule has 0 aliphatic rings. The van der Waals surface area contributed by atoms with Gasteiger partial charge in [0.25, 0.3) is 0 Å². The Labute approximate surface area is 107 Å². The van der Waals surface area contributed by atoms with Gasteiger partial charge in [-0.2, -0.15) is 5.10 Å². The summed E-state index contributed by atoms with van der Waals surface area (Å²) in [4.78, 5) is 4.67. The lowest BCUT2D eigenvalue weighted by Crippen LogP contribution is -2.06. The van der Waals surface area contributed by atoms with Gasteiger partial charge in [-0.1, -0.05) is 13.3 Å². The SMILES string of the molecule is CCCc1nn(C)c2c1nc(C(C)Cl)n2CC. The summed E-state index contributed by atoms with van der Waals surface area (Å²) in [6.45, 7) is 7.09. The van der Waals surface area contributed by atoms with Gasteiger partial charge >= 0.3 is 0 Å². The monoisotopic (exact) mass is 254 g/mol. The van der Waals surface area contributed by atoms with E-state index in [1.807, 2.05) is 18.7 Å². The van der Waals surface area contributed by atoms with Crippen LogP contribution in [-0.4, -0.2) is 19.3 Å². The summed E-state index contributed by atoms with van der Waals surface area (Å²) in [6, 6.07) is 0. The molecule has 0 aliphatic heterocycles. The van der Waals surface area contributed by atoms with E-state index in [0.717, 1.165) is 42.1 Å². The van der Waals surface area contributed by atoms with Gasteiger partial charge < -0.3 is 4.57 Å². The third-order valence-electron chi connectivity index (χ3n) is 2.98. The van der Waals surface area contributed by atoms with Gasteiger partial charge in [0.05, 0.1) is 11.1 Å². The molecule has 1 unspecified atom stereocenters. The van der Waals surface area contributed by atoms with E-state index in [0.29, 0.717) is 0 Å². The fourth-order valence-electron chi connectivity index (χ4n) is 2.28. The molecule has 0 N–H and O–H groups in total. The van der Waals surface area contributed by atoms with E-state index in [1.165, 1.54) is 0 Å². The highest BCUT2D eigenvalue weighted by Crippen LogP contribution is 2.26. The zero-order valence-corrected chi connectivity index (χ0v) is 11.6. The van der Waals surface area contributed by atoms with Crippen molar-refractivity contribution in [2.75, 3.05) is 0 Å². The first-order chi connectivity index (χ1) is 8.10. The fraction of sp³-hybridized carbons (Fsp3) is 0.667. The van der Waals surface area contributed by atoms with Crippen molar-refractivity contribution in [1.82, 2.24) is 19.3 Å². The van der Waals surface area contributed by atoms with Crippen molar-refractivity contribution >= 4 is 22.8 Å². The second-order valence-electron chi connectivity index (χ2n) is 4.32. The van der Waals surface area contributed by atoms with Gasteiger partial charge in [0, 0.05) is 13.6 Å². The Morgan fingerprint density at radius 2 is 2.06 bits per heavy atom. The summed E-state index contributed by atoms with van der Waals surface area (Å²) in [7, 11) is 1.97. The molecule has 5 heteroatoms. The number of hydrogen-bond donors (Lipinski definition) is 0. The molecule has 0 aromatic carbocycles. The smallest absolute Gasteiger partial charge is 0.158 e. The molecular formula is C12H19ClN4. The molecule has 2 rings (SSSR count). The number of nitrogens with zero attached hydrogens (tertiary/aromatic N) is 4. The van der Waals surface area contributed by atoms with Crippen LogP contribution in [0.15, 0.2) is 0 Å². The predicted molar refractivity (Wildman–Crippen MR) is 70.4 cm³/mol. The molecule has 2 heterocycles. The van der Waals surface area contributed by atoms with Gasteiger partial charge in [-0.25, -0.2) is 4.98 Å².